The van der Waals surface area contributed by atoms with Crippen molar-refractivity contribution in [3.8, 4) is 5.75 Å². The Morgan fingerprint density at radius 2 is 1.85 bits per heavy atom. The standard InChI is InChI=1S/C16H18F2N4O3S/c17-13(18)25-11-6-4-10(5-7-11)19-14(26)21-22-12(23)16(20-15(22)24)8-2-1-3-9-16/h4-7,13H,1-3,8-9H2,(H,20,24)(H2,19,21,26). The van der Waals surface area contributed by atoms with Gasteiger partial charge in [0.25, 0.3) is 5.91 Å². The lowest BCUT2D eigenvalue weighted by atomic mass is 9.82. The molecule has 1 saturated heterocycles. The van der Waals surface area contributed by atoms with E-state index in [1.807, 2.05) is 0 Å². The number of anilines is 1. The molecule has 2 fully saturated rings. The number of carbonyl (C=O) groups excluding carboxylic acids is 2. The van der Waals surface area contributed by atoms with Crippen LogP contribution in [0.2, 0.25) is 0 Å². The van der Waals surface area contributed by atoms with Gasteiger partial charge in [0.1, 0.15) is 11.3 Å². The first-order chi connectivity index (χ1) is 12.4. The van der Waals surface area contributed by atoms with Gasteiger partial charge in [0.2, 0.25) is 0 Å². The summed E-state index contributed by atoms with van der Waals surface area (Å²) in [6, 6.07) is 5.13. The third-order valence-corrected chi connectivity index (χ3v) is 4.61. The Morgan fingerprint density at radius 1 is 1.19 bits per heavy atom. The zero-order valence-corrected chi connectivity index (χ0v) is 14.6. The van der Waals surface area contributed by atoms with Crippen LogP contribution in [0, 0.1) is 0 Å². The van der Waals surface area contributed by atoms with Gasteiger partial charge in [-0.1, -0.05) is 19.3 Å². The summed E-state index contributed by atoms with van der Waals surface area (Å²) < 4.78 is 28.5. The molecule has 0 atom stereocenters. The van der Waals surface area contributed by atoms with Crippen LogP contribution in [-0.2, 0) is 4.79 Å². The molecule has 1 aliphatic carbocycles. The third-order valence-electron chi connectivity index (χ3n) is 4.42. The van der Waals surface area contributed by atoms with Crippen molar-refractivity contribution in [1.82, 2.24) is 15.8 Å². The quantitative estimate of drug-likeness (QED) is 0.547. The minimum Gasteiger partial charge on any atom is -0.435 e. The number of nitrogens with one attached hydrogen (secondary N) is 3. The Labute approximate surface area is 154 Å². The lowest BCUT2D eigenvalue weighted by molar-refractivity contribution is -0.133. The number of hydrogen-bond donors (Lipinski definition) is 3. The molecule has 7 nitrogen and oxygen atoms in total. The molecule has 3 rings (SSSR count). The van der Waals surface area contributed by atoms with Crippen LogP contribution in [0.3, 0.4) is 0 Å². The highest BCUT2D eigenvalue weighted by atomic mass is 32.1. The highest BCUT2D eigenvalue weighted by Crippen LogP contribution is 2.33. The van der Waals surface area contributed by atoms with Crippen molar-refractivity contribution in [2.24, 2.45) is 0 Å². The van der Waals surface area contributed by atoms with Crippen LogP contribution in [0.15, 0.2) is 24.3 Å². The summed E-state index contributed by atoms with van der Waals surface area (Å²) in [5.74, 6) is -0.329. The predicted molar refractivity (Wildman–Crippen MR) is 93.6 cm³/mol. The number of urea groups is 1. The molecule has 1 saturated carbocycles. The summed E-state index contributed by atoms with van der Waals surface area (Å²) in [6.07, 6.45) is 4.04. The van der Waals surface area contributed by atoms with Crippen LogP contribution < -0.4 is 20.8 Å². The van der Waals surface area contributed by atoms with Crippen LogP contribution in [0.25, 0.3) is 0 Å². The largest absolute Gasteiger partial charge is 0.435 e. The van der Waals surface area contributed by atoms with Crippen molar-refractivity contribution >= 4 is 35.0 Å². The number of hydrogen-bond acceptors (Lipinski definition) is 4. The lowest BCUT2D eigenvalue weighted by Crippen LogP contribution is -2.51. The summed E-state index contributed by atoms with van der Waals surface area (Å²) in [7, 11) is 0. The average Bonchev–Trinajstić information content (AvgIpc) is 2.81. The number of hydrazine groups is 1. The Balaban J connectivity index is 1.59. The number of rotatable bonds is 4. The highest BCUT2D eigenvalue weighted by molar-refractivity contribution is 7.80. The van der Waals surface area contributed by atoms with E-state index in [2.05, 4.69) is 20.8 Å². The van der Waals surface area contributed by atoms with Gasteiger partial charge in [0.15, 0.2) is 5.11 Å². The molecule has 0 bridgehead atoms. The fraction of sp³-hybridized carbons (Fsp3) is 0.438. The van der Waals surface area contributed by atoms with E-state index in [0.717, 1.165) is 24.3 Å². The molecular weight excluding hydrogens is 366 g/mol. The van der Waals surface area contributed by atoms with Gasteiger partial charge in [-0.25, -0.2) is 4.79 Å². The van der Waals surface area contributed by atoms with Crippen LogP contribution in [0.5, 0.6) is 5.75 Å². The summed E-state index contributed by atoms with van der Waals surface area (Å²) in [5.41, 5.74) is 2.23. The van der Waals surface area contributed by atoms with Gasteiger partial charge in [-0.3, -0.25) is 10.2 Å². The van der Waals surface area contributed by atoms with Crippen molar-refractivity contribution in [3.63, 3.8) is 0 Å². The molecule has 10 heteroatoms. The topological polar surface area (TPSA) is 82.7 Å². The Bertz CT molecular complexity index is 708. The molecule has 3 N–H and O–H groups in total. The predicted octanol–water partition coefficient (Wildman–Crippen LogP) is 2.74. The van der Waals surface area contributed by atoms with E-state index >= 15 is 0 Å². The molecular formula is C16H18F2N4O3S. The fourth-order valence-corrected chi connectivity index (χ4v) is 3.41. The summed E-state index contributed by atoms with van der Waals surface area (Å²) in [5, 5.41) is 6.46. The van der Waals surface area contributed by atoms with Gasteiger partial charge >= 0.3 is 12.6 Å². The Kier molecular flexibility index (Phi) is 5.21. The maximum atomic E-state index is 12.6. The first-order valence-corrected chi connectivity index (χ1v) is 8.60. The van der Waals surface area contributed by atoms with Crippen LogP contribution in [-0.4, -0.2) is 34.2 Å². The normalized spacial score (nSPS) is 18.8. The number of halogens is 2. The number of ether oxygens (including phenoxy) is 1. The molecule has 0 aromatic heterocycles. The molecule has 1 spiro atoms. The van der Waals surface area contributed by atoms with Crippen LogP contribution in [0.1, 0.15) is 32.1 Å². The van der Waals surface area contributed by atoms with Gasteiger partial charge in [0.05, 0.1) is 0 Å². The first kappa shape index (κ1) is 18.3. The maximum Gasteiger partial charge on any atom is 0.387 e. The molecule has 1 aliphatic heterocycles. The summed E-state index contributed by atoms with van der Waals surface area (Å²) in [6.45, 7) is -2.90. The number of thiocarbonyl (C=S) groups is 1. The van der Waals surface area contributed by atoms with E-state index in [-0.39, 0.29) is 16.8 Å². The molecule has 3 amide bonds. The summed E-state index contributed by atoms with van der Waals surface area (Å²) >= 11 is 5.12. The summed E-state index contributed by atoms with van der Waals surface area (Å²) in [4.78, 5) is 24.8. The number of nitrogens with zero attached hydrogens (tertiary/aromatic N) is 1. The monoisotopic (exact) mass is 384 g/mol. The van der Waals surface area contributed by atoms with E-state index in [4.69, 9.17) is 12.2 Å². The van der Waals surface area contributed by atoms with Gasteiger partial charge in [-0.2, -0.15) is 13.8 Å². The van der Waals surface area contributed by atoms with Crippen molar-refractivity contribution < 1.29 is 23.1 Å². The minimum atomic E-state index is -2.90. The van der Waals surface area contributed by atoms with E-state index in [1.54, 1.807) is 0 Å². The SMILES string of the molecule is O=C1NC2(CCCCC2)C(=O)N1NC(=S)Nc1ccc(OC(F)F)cc1. The van der Waals surface area contributed by atoms with Crippen LogP contribution >= 0.6 is 12.2 Å². The van der Waals surface area contributed by atoms with Gasteiger partial charge in [-0.15, -0.1) is 0 Å². The minimum absolute atomic E-state index is 0.0118. The third kappa shape index (κ3) is 3.85. The zero-order valence-electron chi connectivity index (χ0n) is 13.8. The van der Waals surface area contributed by atoms with Crippen molar-refractivity contribution in [2.45, 2.75) is 44.3 Å². The maximum absolute atomic E-state index is 12.6. The van der Waals surface area contributed by atoms with Crippen LogP contribution in [0.4, 0.5) is 19.3 Å². The number of amides is 3. The number of imide groups is 1. The number of carbonyl (C=O) groups is 2. The molecule has 26 heavy (non-hydrogen) atoms. The zero-order chi connectivity index (χ0) is 18.7. The Morgan fingerprint density at radius 3 is 2.46 bits per heavy atom. The van der Waals surface area contributed by atoms with Crippen molar-refractivity contribution in [3.05, 3.63) is 24.3 Å². The van der Waals surface area contributed by atoms with Gasteiger partial charge in [-0.05, 0) is 49.3 Å². The second-order valence-corrected chi connectivity index (χ2v) is 6.59. The molecule has 1 heterocycles. The van der Waals surface area contributed by atoms with Gasteiger partial charge in [0, 0.05) is 5.69 Å². The lowest BCUT2D eigenvalue weighted by Gasteiger charge is -2.30. The van der Waals surface area contributed by atoms with Crippen molar-refractivity contribution in [1.29, 1.82) is 0 Å². The average molecular weight is 384 g/mol. The fourth-order valence-electron chi connectivity index (χ4n) is 3.20. The second kappa shape index (κ2) is 7.40. The first-order valence-electron chi connectivity index (χ1n) is 8.19. The second-order valence-electron chi connectivity index (χ2n) is 6.18. The van der Waals surface area contributed by atoms with E-state index in [1.165, 1.54) is 24.3 Å². The van der Waals surface area contributed by atoms with Gasteiger partial charge < -0.3 is 15.4 Å². The molecule has 1 aromatic rings. The van der Waals surface area contributed by atoms with E-state index in [0.29, 0.717) is 18.5 Å². The number of alkyl halides is 2. The highest BCUT2D eigenvalue weighted by Gasteiger charge is 2.51. The molecule has 0 unspecified atom stereocenters. The molecule has 2 aliphatic rings. The van der Waals surface area contributed by atoms with Crippen molar-refractivity contribution in [2.75, 3.05) is 5.32 Å². The molecule has 1 aromatic carbocycles. The Hall–Kier alpha value is -2.49. The smallest absolute Gasteiger partial charge is 0.387 e. The molecule has 0 radical (unpaired) electrons. The van der Waals surface area contributed by atoms with E-state index < -0.39 is 18.2 Å². The molecule has 140 valence electrons. The number of benzene rings is 1. The van der Waals surface area contributed by atoms with E-state index in [9.17, 15) is 18.4 Å².